The average molecular weight is 446 g/mol. The summed E-state index contributed by atoms with van der Waals surface area (Å²) in [4.78, 5) is 12.7. The Hall–Kier alpha value is -1.97. The Morgan fingerprint density at radius 1 is 1.00 bits per heavy atom. The molecule has 1 aromatic heterocycles. The molecule has 2 nitrogen and oxygen atoms in total. The molecule has 0 spiro atoms. The van der Waals surface area contributed by atoms with Crippen LogP contribution < -0.4 is 5.32 Å². The Balaban J connectivity index is 1.17. The lowest BCUT2D eigenvalue weighted by atomic mass is 9.87. The topological polar surface area (TPSA) is 29.1 Å². The largest absolute Gasteiger partial charge is 0.317 e. The first-order chi connectivity index (χ1) is 15.7. The Morgan fingerprint density at radius 3 is 2.59 bits per heavy atom. The van der Waals surface area contributed by atoms with Gasteiger partial charge in [0.25, 0.3) is 0 Å². The van der Waals surface area contributed by atoms with Crippen molar-refractivity contribution in [3.8, 4) is 0 Å². The number of carbonyl (C=O) groups excluding carboxylic acids is 1. The van der Waals surface area contributed by atoms with Crippen LogP contribution in [0.3, 0.4) is 0 Å². The molecule has 3 atom stereocenters. The number of benzene rings is 2. The summed E-state index contributed by atoms with van der Waals surface area (Å²) >= 11 is 1.88. The molecule has 1 N–H and O–H groups in total. The van der Waals surface area contributed by atoms with E-state index in [9.17, 15) is 4.79 Å². The van der Waals surface area contributed by atoms with E-state index in [1.807, 2.05) is 11.3 Å². The van der Waals surface area contributed by atoms with Gasteiger partial charge in [-0.1, -0.05) is 49.4 Å². The molecule has 0 amide bonds. The van der Waals surface area contributed by atoms with Crippen molar-refractivity contribution >= 4 is 27.2 Å². The second-order valence-electron chi connectivity index (χ2n) is 10.1. The van der Waals surface area contributed by atoms with E-state index >= 15 is 0 Å². The first kappa shape index (κ1) is 21.9. The smallest absolute Gasteiger partial charge is 0.163 e. The summed E-state index contributed by atoms with van der Waals surface area (Å²) in [7, 11) is 0. The molecular formula is C29H35NOS. The highest BCUT2D eigenvalue weighted by Crippen LogP contribution is 2.43. The van der Waals surface area contributed by atoms with Gasteiger partial charge in [0, 0.05) is 16.7 Å². The van der Waals surface area contributed by atoms with Gasteiger partial charge in [-0.15, -0.1) is 11.3 Å². The summed E-state index contributed by atoms with van der Waals surface area (Å²) in [5, 5.41) is 7.21. The van der Waals surface area contributed by atoms with E-state index in [0.717, 1.165) is 37.4 Å². The highest BCUT2D eigenvalue weighted by Gasteiger charge is 2.28. The van der Waals surface area contributed by atoms with Crippen molar-refractivity contribution in [2.24, 2.45) is 11.8 Å². The maximum Gasteiger partial charge on any atom is 0.163 e. The van der Waals surface area contributed by atoms with Crippen molar-refractivity contribution in [3.63, 3.8) is 0 Å². The van der Waals surface area contributed by atoms with Crippen LogP contribution in [0.4, 0.5) is 0 Å². The third-order valence-corrected chi connectivity index (χ3v) is 8.89. The predicted molar refractivity (Wildman–Crippen MR) is 136 cm³/mol. The standard InChI is InChI=1S/C29H35NOS/c1-20(27-19-32-29-5-3-2-4-26(27)29)16-22-6-7-25(17-22)23-8-10-24(11-9-23)28(31)18-21-12-14-30-15-13-21/h2-5,8-11,19-22,25,30H,6-7,12-18H2,1H3/t20-,22?,25-/m0/s1. The van der Waals surface area contributed by atoms with Crippen LogP contribution in [0.25, 0.3) is 10.1 Å². The molecule has 1 unspecified atom stereocenters. The summed E-state index contributed by atoms with van der Waals surface area (Å²) in [6.07, 6.45) is 8.15. The van der Waals surface area contributed by atoms with Crippen LogP contribution in [0.2, 0.25) is 0 Å². The zero-order valence-corrected chi connectivity index (χ0v) is 20.0. The molecule has 32 heavy (non-hydrogen) atoms. The number of rotatable bonds is 7. The van der Waals surface area contributed by atoms with Crippen LogP contribution in [0.5, 0.6) is 0 Å². The zero-order chi connectivity index (χ0) is 21.9. The van der Waals surface area contributed by atoms with Gasteiger partial charge >= 0.3 is 0 Å². The molecule has 2 aliphatic rings. The number of fused-ring (bicyclic) bond motifs is 1. The number of piperidine rings is 1. The van der Waals surface area contributed by atoms with Crippen molar-refractivity contribution in [2.45, 2.75) is 63.7 Å². The van der Waals surface area contributed by atoms with Crippen LogP contribution in [0.1, 0.15) is 85.2 Å². The second-order valence-corrected chi connectivity index (χ2v) is 11.1. The minimum Gasteiger partial charge on any atom is -0.317 e. The molecule has 2 fully saturated rings. The van der Waals surface area contributed by atoms with E-state index in [0.29, 0.717) is 30.0 Å². The Labute approximate surface area is 196 Å². The molecule has 1 aliphatic carbocycles. The number of hydrogen-bond acceptors (Lipinski definition) is 3. The molecule has 5 rings (SSSR count). The van der Waals surface area contributed by atoms with Crippen LogP contribution >= 0.6 is 11.3 Å². The van der Waals surface area contributed by atoms with Crippen LogP contribution in [0, 0.1) is 11.8 Å². The lowest BCUT2D eigenvalue weighted by molar-refractivity contribution is 0.0952. The SMILES string of the molecule is C[C@@H](CC1CC[C@H](c2ccc(C(=O)CC3CCNCC3)cc2)C1)c1csc2ccccc12. The van der Waals surface area contributed by atoms with Crippen molar-refractivity contribution in [2.75, 3.05) is 13.1 Å². The zero-order valence-electron chi connectivity index (χ0n) is 19.2. The first-order valence-corrected chi connectivity index (χ1v) is 13.4. The third kappa shape index (κ3) is 4.84. The van der Waals surface area contributed by atoms with E-state index < -0.39 is 0 Å². The van der Waals surface area contributed by atoms with Gasteiger partial charge in [-0.3, -0.25) is 4.79 Å². The van der Waals surface area contributed by atoms with Crippen molar-refractivity contribution in [1.29, 1.82) is 0 Å². The highest BCUT2D eigenvalue weighted by molar-refractivity contribution is 7.17. The van der Waals surface area contributed by atoms with E-state index in [1.165, 1.54) is 46.9 Å². The summed E-state index contributed by atoms with van der Waals surface area (Å²) in [5.41, 5.74) is 3.87. The Kier molecular flexibility index (Phi) is 6.75. The van der Waals surface area contributed by atoms with Gasteiger partial charge in [-0.25, -0.2) is 0 Å². The molecule has 1 saturated heterocycles. The monoisotopic (exact) mass is 445 g/mol. The van der Waals surface area contributed by atoms with E-state index in [1.54, 1.807) is 0 Å². The summed E-state index contributed by atoms with van der Waals surface area (Å²) < 4.78 is 1.41. The molecule has 1 saturated carbocycles. The van der Waals surface area contributed by atoms with Gasteiger partial charge in [0.1, 0.15) is 0 Å². The van der Waals surface area contributed by atoms with Crippen molar-refractivity contribution < 1.29 is 4.79 Å². The lowest BCUT2D eigenvalue weighted by Crippen LogP contribution is -2.28. The number of Topliss-reactive ketones (excluding diaryl/α,β-unsaturated/α-hetero) is 1. The van der Waals surface area contributed by atoms with E-state index in [-0.39, 0.29) is 0 Å². The fourth-order valence-corrected chi connectivity index (χ4v) is 7.09. The summed E-state index contributed by atoms with van der Waals surface area (Å²) in [6, 6.07) is 17.5. The Bertz CT molecular complexity index is 1050. The van der Waals surface area contributed by atoms with Gasteiger partial charge < -0.3 is 5.32 Å². The molecular weight excluding hydrogens is 410 g/mol. The molecule has 0 radical (unpaired) electrons. The number of ketones is 1. The van der Waals surface area contributed by atoms with Gasteiger partial charge in [-0.2, -0.15) is 0 Å². The molecule has 168 valence electrons. The average Bonchev–Trinajstić information content (AvgIpc) is 3.47. The molecule has 3 aromatic rings. The predicted octanol–water partition coefficient (Wildman–Crippen LogP) is 7.55. The highest BCUT2D eigenvalue weighted by atomic mass is 32.1. The molecule has 2 aromatic carbocycles. The van der Waals surface area contributed by atoms with Crippen LogP contribution in [0.15, 0.2) is 53.9 Å². The number of nitrogens with one attached hydrogen (secondary N) is 1. The molecule has 2 heterocycles. The van der Waals surface area contributed by atoms with Crippen LogP contribution in [-0.4, -0.2) is 18.9 Å². The maximum absolute atomic E-state index is 12.7. The van der Waals surface area contributed by atoms with E-state index in [4.69, 9.17) is 0 Å². The second kappa shape index (κ2) is 9.89. The lowest BCUT2D eigenvalue weighted by Gasteiger charge is -2.21. The van der Waals surface area contributed by atoms with Gasteiger partial charge in [0.05, 0.1) is 0 Å². The van der Waals surface area contributed by atoms with Crippen molar-refractivity contribution in [1.82, 2.24) is 5.32 Å². The fourth-order valence-electron chi connectivity index (χ4n) is 6.01. The normalized spacial score (nSPS) is 22.9. The van der Waals surface area contributed by atoms with E-state index in [2.05, 4.69) is 66.2 Å². The number of hydrogen-bond donors (Lipinski definition) is 1. The van der Waals surface area contributed by atoms with Crippen LogP contribution in [-0.2, 0) is 0 Å². The summed E-state index contributed by atoms with van der Waals surface area (Å²) in [5.74, 6) is 2.95. The molecule has 0 bridgehead atoms. The molecule has 3 heteroatoms. The quantitative estimate of drug-likeness (QED) is 0.380. The fraction of sp³-hybridized carbons (Fsp3) is 0.483. The number of carbonyl (C=O) groups is 1. The van der Waals surface area contributed by atoms with Gasteiger partial charge in [0.2, 0.25) is 0 Å². The number of thiophene rings is 1. The first-order valence-electron chi connectivity index (χ1n) is 12.5. The molecule has 1 aliphatic heterocycles. The van der Waals surface area contributed by atoms with Gasteiger partial charge in [0.15, 0.2) is 5.78 Å². The van der Waals surface area contributed by atoms with Crippen molar-refractivity contribution in [3.05, 3.63) is 70.6 Å². The van der Waals surface area contributed by atoms with Gasteiger partial charge in [-0.05, 0) is 103 Å². The minimum absolute atomic E-state index is 0.324. The maximum atomic E-state index is 12.7. The Morgan fingerprint density at radius 2 is 1.78 bits per heavy atom. The minimum atomic E-state index is 0.324. The third-order valence-electron chi connectivity index (χ3n) is 7.91. The summed E-state index contributed by atoms with van der Waals surface area (Å²) in [6.45, 7) is 4.52.